The summed E-state index contributed by atoms with van der Waals surface area (Å²) in [4.78, 5) is 21.8. The highest BCUT2D eigenvalue weighted by Crippen LogP contribution is 2.29. The molecule has 3 aromatic carbocycles. The molecular formula is C52H84N4O9. The van der Waals surface area contributed by atoms with Gasteiger partial charge in [-0.1, -0.05) is 87.1 Å². The van der Waals surface area contributed by atoms with Gasteiger partial charge in [-0.05, 0) is 79.9 Å². The number of nitrogens with zero attached hydrogens (tertiary/aromatic N) is 4. The number of rotatable bonds is 13. The van der Waals surface area contributed by atoms with Gasteiger partial charge in [0.2, 0.25) is 0 Å². The van der Waals surface area contributed by atoms with E-state index in [-0.39, 0.29) is 6.09 Å². The van der Waals surface area contributed by atoms with E-state index in [2.05, 4.69) is 69.3 Å². The zero-order valence-corrected chi connectivity index (χ0v) is 40.5. The fourth-order valence-electron chi connectivity index (χ4n) is 8.37. The van der Waals surface area contributed by atoms with Crippen molar-refractivity contribution >= 4 is 27.6 Å². The summed E-state index contributed by atoms with van der Waals surface area (Å²) in [6.45, 7) is 23.2. The molecule has 0 bridgehead atoms. The van der Waals surface area contributed by atoms with E-state index in [1.165, 1.54) is 78.5 Å². The van der Waals surface area contributed by atoms with Crippen LogP contribution in [0, 0.1) is 0 Å². The Hall–Kier alpha value is -2.95. The average molecular weight is 909 g/mol. The molecule has 65 heavy (non-hydrogen) atoms. The predicted molar refractivity (Wildman–Crippen MR) is 260 cm³/mol. The van der Waals surface area contributed by atoms with Gasteiger partial charge in [-0.3, -0.25) is 14.7 Å². The Balaban J connectivity index is 0.917. The van der Waals surface area contributed by atoms with Crippen molar-refractivity contribution in [2.24, 2.45) is 0 Å². The highest BCUT2D eigenvalue weighted by Gasteiger charge is 2.22. The summed E-state index contributed by atoms with van der Waals surface area (Å²) in [5.41, 5.74) is 0.819. The Kier molecular flexibility index (Phi) is 26.0. The Morgan fingerprint density at radius 3 is 1.20 bits per heavy atom. The van der Waals surface area contributed by atoms with Crippen molar-refractivity contribution in [3.05, 3.63) is 60.2 Å². The molecule has 1 amide bonds. The second-order valence-corrected chi connectivity index (χ2v) is 18.3. The molecule has 2 aliphatic heterocycles. The molecule has 2 saturated heterocycles. The molecule has 0 unspecified atom stereocenters. The number of carbonyl (C=O) groups is 1. The SMILES string of the molecule is CC(C)(C)OC(=O)N1CCOCCOCCN(CCCCCCCCCCN2CCOCCOCCN(Cc3c4ccccc4cc4ccccc34)CCOCCOCC2)CCOCC1. The largest absolute Gasteiger partial charge is 0.444 e. The molecular weight excluding hydrogens is 825 g/mol. The Labute approximate surface area is 391 Å². The summed E-state index contributed by atoms with van der Waals surface area (Å²) in [5, 5.41) is 5.17. The third-order valence-corrected chi connectivity index (χ3v) is 12.1. The van der Waals surface area contributed by atoms with E-state index < -0.39 is 5.60 Å². The van der Waals surface area contributed by atoms with Crippen LogP contribution in [-0.2, 0) is 44.4 Å². The van der Waals surface area contributed by atoms with Crippen LogP contribution >= 0.6 is 0 Å². The summed E-state index contributed by atoms with van der Waals surface area (Å²) in [7, 11) is 0. The molecule has 0 N–H and O–H groups in total. The first-order valence-corrected chi connectivity index (χ1v) is 24.9. The first-order valence-electron chi connectivity index (χ1n) is 24.9. The maximum absolute atomic E-state index is 12.7. The molecule has 2 fully saturated rings. The lowest BCUT2D eigenvalue weighted by atomic mass is 9.96. The highest BCUT2D eigenvalue weighted by atomic mass is 16.6. The molecule has 0 aliphatic carbocycles. The molecule has 2 heterocycles. The molecule has 0 saturated carbocycles. The molecule has 5 rings (SSSR count). The number of amides is 1. The van der Waals surface area contributed by atoms with Crippen LogP contribution in [0.3, 0.4) is 0 Å². The van der Waals surface area contributed by atoms with Gasteiger partial charge >= 0.3 is 6.09 Å². The van der Waals surface area contributed by atoms with E-state index in [4.69, 9.17) is 37.9 Å². The molecule has 2 aliphatic rings. The smallest absolute Gasteiger partial charge is 0.410 e. The average Bonchev–Trinajstić information content (AvgIpc) is 3.30. The van der Waals surface area contributed by atoms with Crippen molar-refractivity contribution in [3.63, 3.8) is 0 Å². The van der Waals surface area contributed by atoms with Gasteiger partial charge in [0.15, 0.2) is 0 Å². The zero-order valence-electron chi connectivity index (χ0n) is 40.5. The molecule has 13 heteroatoms. The first kappa shape index (κ1) is 53.0. The van der Waals surface area contributed by atoms with Crippen LogP contribution in [0.4, 0.5) is 4.79 Å². The van der Waals surface area contributed by atoms with Crippen molar-refractivity contribution in [3.8, 4) is 0 Å². The van der Waals surface area contributed by atoms with Crippen LogP contribution in [0.1, 0.15) is 77.7 Å². The quantitative estimate of drug-likeness (QED) is 0.123. The minimum atomic E-state index is -0.542. The van der Waals surface area contributed by atoms with Gasteiger partial charge in [0.05, 0.1) is 92.5 Å². The van der Waals surface area contributed by atoms with Gasteiger partial charge in [0.25, 0.3) is 0 Å². The zero-order chi connectivity index (χ0) is 45.6. The number of unbranched alkanes of at least 4 members (excludes halogenated alkanes) is 7. The van der Waals surface area contributed by atoms with Crippen molar-refractivity contribution in [1.29, 1.82) is 0 Å². The predicted octanol–water partition coefficient (Wildman–Crippen LogP) is 7.90. The lowest BCUT2D eigenvalue weighted by Gasteiger charge is -2.27. The number of hydrogen-bond donors (Lipinski definition) is 0. The molecule has 0 spiro atoms. The maximum atomic E-state index is 12.7. The second-order valence-electron chi connectivity index (χ2n) is 18.3. The van der Waals surface area contributed by atoms with E-state index in [9.17, 15) is 4.79 Å². The molecule has 13 nitrogen and oxygen atoms in total. The van der Waals surface area contributed by atoms with E-state index >= 15 is 0 Å². The maximum Gasteiger partial charge on any atom is 0.410 e. The third-order valence-electron chi connectivity index (χ3n) is 12.1. The lowest BCUT2D eigenvalue weighted by molar-refractivity contribution is 0.00569. The Morgan fingerprint density at radius 2 is 0.800 bits per heavy atom. The number of ether oxygens (including phenoxy) is 8. The van der Waals surface area contributed by atoms with Crippen LogP contribution in [0.25, 0.3) is 21.5 Å². The molecule has 366 valence electrons. The number of hydrogen-bond acceptors (Lipinski definition) is 12. The summed E-state index contributed by atoms with van der Waals surface area (Å²) < 4.78 is 47.4. The highest BCUT2D eigenvalue weighted by molar-refractivity contribution is 6.02. The first-order chi connectivity index (χ1) is 31.9. The van der Waals surface area contributed by atoms with Crippen molar-refractivity contribution < 1.29 is 42.7 Å². The molecule has 0 radical (unpaired) electrons. The molecule has 3 aromatic rings. The van der Waals surface area contributed by atoms with Crippen molar-refractivity contribution in [1.82, 2.24) is 19.6 Å². The van der Waals surface area contributed by atoms with Gasteiger partial charge in [0.1, 0.15) is 5.60 Å². The van der Waals surface area contributed by atoms with E-state index in [1.54, 1.807) is 4.90 Å². The van der Waals surface area contributed by atoms with Crippen molar-refractivity contribution in [2.75, 3.05) is 158 Å². The number of benzene rings is 3. The number of fused-ring (bicyclic) bond motifs is 2. The van der Waals surface area contributed by atoms with Crippen LogP contribution in [0.2, 0.25) is 0 Å². The Bertz CT molecular complexity index is 1640. The van der Waals surface area contributed by atoms with Crippen LogP contribution in [0.5, 0.6) is 0 Å². The van der Waals surface area contributed by atoms with E-state index in [1.807, 2.05) is 20.8 Å². The number of carbonyl (C=O) groups excluding carboxylic acids is 1. The second kappa shape index (κ2) is 31.9. The summed E-state index contributed by atoms with van der Waals surface area (Å²) in [5.74, 6) is 0. The van der Waals surface area contributed by atoms with Gasteiger partial charge in [-0.25, -0.2) is 4.79 Å². The summed E-state index contributed by atoms with van der Waals surface area (Å²) >= 11 is 0. The lowest BCUT2D eigenvalue weighted by Crippen LogP contribution is -2.40. The van der Waals surface area contributed by atoms with Crippen LogP contribution in [0.15, 0.2) is 54.6 Å². The minimum Gasteiger partial charge on any atom is -0.444 e. The molecule has 0 aromatic heterocycles. The minimum absolute atomic E-state index is 0.330. The van der Waals surface area contributed by atoms with Crippen LogP contribution in [-0.4, -0.2) is 189 Å². The van der Waals surface area contributed by atoms with Gasteiger partial charge in [-0.2, -0.15) is 0 Å². The fourth-order valence-corrected chi connectivity index (χ4v) is 8.37. The van der Waals surface area contributed by atoms with E-state index in [0.717, 1.165) is 58.9 Å². The van der Waals surface area contributed by atoms with E-state index in [0.29, 0.717) is 106 Å². The monoisotopic (exact) mass is 909 g/mol. The topological polar surface area (TPSA) is 104 Å². The summed E-state index contributed by atoms with van der Waals surface area (Å²) in [6, 6.07) is 19.7. The standard InChI is InChI=1S/C52H84N4O9/c1-52(2,3)65-51(57)56-28-36-58-30-22-53(23-31-61-42-43-64-37-29-56)20-14-8-6-4-5-7-9-15-21-54-24-32-59-38-40-62-34-26-55(27-35-63-41-39-60-33-25-54)45-50-48-18-12-10-16-46(48)44-47-17-11-13-19-49(47)50/h10-13,16-19,44H,4-9,14-15,20-43,45H2,1-3H3. The van der Waals surface area contributed by atoms with Crippen molar-refractivity contribution in [2.45, 2.75) is 84.3 Å². The Morgan fingerprint density at radius 1 is 0.462 bits per heavy atom. The fraction of sp³-hybridized carbons (Fsp3) is 0.712. The van der Waals surface area contributed by atoms with Gasteiger partial charge < -0.3 is 42.8 Å². The molecule has 0 atom stereocenters. The van der Waals surface area contributed by atoms with Gasteiger partial charge in [0, 0.05) is 58.9 Å². The third kappa shape index (κ3) is 22.1. The summed E-state index contributed by atoms with van der Waals surface area (Å²) in [6.07, 6.45) is 9.66. The van der Waals surface area contributed by atoms with Crippen LogP contribution < -0.4 is 0 Å². The normalized spacial score (nSPS) is 19.6. The van der Waals surface area contributed by atoms with Gasteiger partial charge in [-0.15, -0.1) is 0 Å².